The van der Waals surface area contributed by atoms with E-state index in [1.165, 1.54) is 5.75 Å². The lowest BCUT2D eigenvalue weighted by atomic mass is 10.2. The predicted octanol–water partition coefficient (Wildman–Crippen LogP) is 1.49. The summed E-state index contributed by atoms with van der Waals surface area (Å²) < 4.78 is 10.4. The Morgan fingerprint density at radius 2 is 2.22 bits per heavy atom. The Labute approximate surface area is 112 Å². The van der Waals surface area contributed by atoms with E-state index in [9.17, 15) is 0 Å². The van der Waals surface area contributed by atoms with Gasteiger partial charge in [-0.3, -0.25) is 4.90 Å². The van der Waals surface area contributed by atoms with E-state index in [1.807, 2.05) is 17.8 Å². The zero-order valence-corrected chi connectivity index (χ0v) is 11.8. The molecule has 1 aliphatic heterocycles. The molecule has 100 valence electrons. The van der Waals surface area contributed by atoms with Gasteiger partial charge in [-0.1, -0.05) is 0 Å². The van der Waals surface area contributed by atoms with Crippen molar-refractivity contribution in [2.45, 2.75) is 12.3 Å². The molecule has 1 atom stereocenters. The molecule has 2 heterocycles. The van der Waals surface area contributed by atoms with Gasteiger partial charge in [0.1, 0.15) is 5.82 Å². The van der Waals surface area contributed by atoms with Gasteiger partial charge >= 0.3 is 0 Å². The molecule has 0 aromatic carbocycles. The van der Waals surface area contributed by atoms with E-state index in [0.717, 1.165) is 23.8 Å². The van der Waals surface area contributed by atoms with Crippen molar-refractivity contribution in [1.29, 1.82) is 0 Å². The van der Waals surface area contributed by atoms with Crippen LogP contribution in [0.2, 0.25) is 0 Å². The molecular weight excluding hydrogens is 250 g/mol. The van der Waals surface area contributed by atoms with Crippen molar-refractivity contribution in [3.05, 3.63) is 23.8 Å². The highest BCUT2D eigenvalue weighted by atomic mass is 32.2. The van der Waals surface area contributed by atoms with Crippen LogP contribution in [-0.4, -0.2) is 54.2 Å². The van der Waals surface area contributed by atoms with Crippen LogP contribution < -0.4 is 0 Å². The molecule has 1 aromatic heterocycles. The maximum Gasteiger partial charge on any atom is 0.200 e. The predicted molar refractivity (Wildman–Crippen MR) is 71.5 cm³/mol. The molecule has 1 aromatic rings. The van der Waals surface area contributed by atoms with E-state index in [2.05, 4.69) is 21.9 Å². The number of aromatic nitrogens is 2. The number of methoxy groups -OCH3 is 2. The van der Waals surface area contributed by atoms with E-state index < -0.39 is 6.29 Å². The third kappa shape index (κ3) is 3.00. The van der Waals surface area contributed by atoms with Gasteiger partial charge in [0.05, 0.1) is 11.7 Å². The van der Waals surface area contributed by atoms with Crippen LogP contribution in [0, 0.1) is 0 Å². The Morgan fingerprint density at radius 1 is 1.44 bits per heavy atom. The van der Waals surface area contributed by atoms with Crippen LogP contribution in [0.5, 0.6) is 0 Å². The largest absolute Gasteiger partial charge is 0.350 e. The normalized spacial score (nSPS) is 21.4. The molecule has 0 radical (unpaired) electrons. The molecule has 2 rings (SSSR count). The Kier molecular flexibility index (Phi) is 4.94. The van der Waals surface area contributed by atoms with Crippen molar-refractivity contribution in [1.82, 2.24) is 14.9 Å². The third-order valence-electron chi connectivity index (χ3n) is 3.06. The molecule has 0 spiro atoms. The summed E-state index contributed by atoms with van der Waals surface area (Å²) in [6.45, 7) is 1.07. The summed E-state index contributed by atoms with van der Waals surface area (Å²) in [5, 5.41) is 0. The summed E-state index contributed by atoms with van der Waals surface area (Å²) in [5.41, 5.74) is 0.772. The number of hydrogen-bond acceptors (Lipinski definition) is 6. The van der Waals surface area contributed by atoms with Crippen molar-refractivity contribution in [2.24, 2.45) is 0 Å². The van der Waals surface area contributed by atoms with Gasteiger partial charge in [0.2, 0.25) is 6.29 Å². The quantitative estimate of drug-likeness (QED) is 0.772. The molecule has 0 saturated carbocycles. The van der Waals surface area contributed by atoms with Crippen LogP contribution in [0.25, 0.3) is 0 Å². The first-order valence-corrected chi connectivity index (χ1v) is 7.08. The second-order valence-corrected chi connectivity index (χ2v) is 5.36. The van der Waals surface area contributed by atoms with Gasteiger partial charge in [-0.15, -0.1) is 0 Å². The standard InChI is InChI=1S/C12H19N3O2S/c1-15-6-7-18-8-10(15)11-13-5-4-9(14-11)12(16-2)17-3/h4-5,10,12H,6-8H2,1-3H3. The first kappa shape index (κ1) is 13.7. The Bertz CT molecular complexity index is 387. The summed E-state index contributed by atoms with van der Waals surface area (Å²) in [5.74, 6) is 3.05. The van der Waals surface area contributed by atoms with Gasteiger partial charge in [-0.25, -0.2) is 9.97 Å². The number of rotatable bonds is 4. The number of ether oxygens (including phenoxy) is 2. The zero-order chi connectivity index (χ0) is 13.0. The molecule has 0 bridgehead atoms. The van der Waals surface area contributed by atoms with Gasteiger partial charge in [-0.05, 0) is 13.1 Å². The first-order chi connectivity index (χ1) is 8.76. The topological polar surface area (TPSA) is 47.5 Å². The van der Waals surface area contributed by atoms with Gasteiger partial charge < -0.3 is 9.47 Å². The van der Waals surface area contributed by atoms with Crippen LogP contribution in [0.15, 0.2) is 12.3 Å². The van der Waals surface area contributed by atoms with E-state index in [4.69, 9.17) is 9.47 Å². The van der Waals surface area contributed by atoms with E-state index in [1.54, 1.807) is 20.4 Å². The Balaban J connectivity index is 2.20. The van der Waals surface area contributed by atoms with Crippen molar-refractivity contribution in [3.8, 4) is 0 Å². The second-order valence-electron chi connectivity index (χ2n) is 4.21. The third-order valence-corrected chi connectivity index (χ3v) is 4.08. The molecular formula is C12H19N3O2S. The molecule has 0 N–H and O–H groups in total. The molecule has 0 aliphatic carbocycles. The number of hydrogen-bond donors (Lipinski definition) is 0. The first-order valence-electron chi connectivity index (χ1n) is 5.92. The lowest BCUT2D eigenvalue weighted by Gasteiger charge is -2.31. The molecule has 6 heteroatoms. The molecule has 1 fully saturated rings. The van der Waals surface area contributed by atoms with Gasteiger partial charge in [-0.2, -0.15) is 11.8 Å². The van der Waals surface area contributed by atoms with Crippen LogP contribution in [0.4, 0.5) is 0 Å². The van der Waals surface area contributed by atoms with Crippen LogP contribution in [0.1, 0.15) is 23.9 Å². The highest BCUT2D eigenvalue weighted by Gasteiger charge is 2.24. The summed E-state index contributed by atoms with van der Waals surface area (Å²) in [4.78, 5) is 11.3. The monoisotopic (exact) mass is 269 g/mol. The van der Waals surface area contributed by atoms with Crippen LogP contribution in [-0.2, 0) is 9.47 Å². The summed E-state index contributed by atoms with van der Waals surface area (Å²) in [6.07, 6.45) is 1.35. The molecule has 5 nitrogen and oxygen atoms in total. The second kappa shape index (κ2) is 6.47. The van der Waals surface area contributed by atoms with Crippen molar-refractivity contribution >= 4 is 11.8 Å². The maximum atomic E-state index is 5.22. The summed E-state index contributed by atoms with van der Waals surface area (Å²) >= 11 is 1.94. The van der Waals surface area contributed by atoms with Gasteiger partial charge in [0, 0.05) is 38.5 Å². The van der Waals surface area contributed by atoms with E-state index in [-0.39, 0.29) is 6.04 Å². The fourth-order valence-electron chi connectivity index (χ4n) is 1.98. The lowest BCUT2D eigenvalue weighted by Crippen LogP contribution is -2.34. The minimum atomic E-state index is -0.423. The molecule has 18 heavy (non-hydrogen) atoms. The average molecular weight is 269 g/mol. The highest BCUT2D eigenvalue weighted by molar-refractivity contribution is 7.99. The fraction of sp³-hybridized carbons (Fsp3) is 0.667. The van der Waals surface area contributed by atoms with Gasteiger partial charge in [0.15, 0.2) is 0 Å². The number of thioether (sulfide) groups is 1. The summed E-state index contributed by atoms with van der Waals surface area (Å²) in [7, 11) is 5.33. The fourth-order valence-corrected chi connectivity index (χ4v) is 3.19. The van der Waals surface area contributed by atoms with Crippen molar-refractivity contribution < 1.29 is 9.47 Å². The van der Waals surface area contributed by atoms with Crippen molar-refractivity contribution in [3.63, 3.8) is 0 Å². The average Bonchev–Trinajstić information content (AvgIpc) is 2.41. The minimum absolute atomic E-state index is 0.276. The minimum Gasteiger partial charge on any atom is -0.350 e. The van der Waals surface area contributed by atoms with Crippen LogP contribution >= 0.6 is 11.8 Å². The molecule has 1 unspecified atom stereocenters. The van der Waals surface area contributed by atoms with Crippen molar-refractivity contribution in [2.75, 3.05) is 39.3 Å². The molecule has 0 amide bonds. The zero-order valence-electron chi connectivity index (χ0n) is 11.0. The highest BCUT2D eigenvalue weighted by Crippen LogP contribution is 2.26. The van der Waals surface area contributed by atoms with E-state index >= 15 is 0 Å². The van der Waals surface area contributed by atoms with Gasteiger partial charge in [0.25, 0.3) is 0 Å². The maximum absolute atomic E-state index is 5.22. The van der Waals surface area contributed by atoms with E-state index in [0.29, 0.717) is 0 Å². The molecule has 1 saturated heterocycles. The smallest absolute Gasteiger partial charge is 0.200 e. The number of nitrogens with zero attached hydrogens (tertiary/aromatic N) is 3. The van der Waals surface area contributed by atoms with Crippen LogP contribution in [0.3, 0.4) is 0 Å². The SMILES string of the molecule is COC(OC)c1ccnc(C2CSCCN2C)n1. The Hall–Kier alpha value is -0.690. The lowest BCUT2D eigenvalue weighted by molar-refractivity contribution is -0.108. The summed E-state index contributed by atoms with van der Waals surface area (Å²) in [6, 6.07) is 2.11. The Morgan fingerprint density at radius 3 is 2.89 bits per heavy atom. The molecule has 1 aliphatic rings.